The fraction of sp³-hybridized carbons (Fsp3) is 0.333. The molecule has 1 atom stereocenters. The highest BCUT2D eigenvalue weighted by Gasteiger charge is 2.20. The zero-order chi connectivity index (χ0) is 18.5. The molecule has 0 bridgehead atoms. The summed E-state index contributed by atoms with van der Waals surface area (Å²) in [5.41, 5.74) is 7.99. The summed E-state index contributed by atoms with van der Waals surface area (Å²) in [6.07, 6.45) is 7.42. The number of aromatic hydroxyl groups is 1. The average molecular weight is 355 g/mol. The molecule has 26 heavy (non-hydrogen) atoms. The summed E-state index contributed by atoms with van der Waals surface area (Å²) in [6, 6.07) is 4.15. The van der Waals surface area contributed by atoms with Gasteiger partial charge in [-0.3, -0.25) is 9.59 Å². The van der Waals surface area contributed by atoms with Crippen LogP contribution < -0.4 is 11.1 Å². The van der Waals surface area contributed by atoms with Crippen molar-refractivity contribution in [3.63, 3.8) is 0 Å². The average Bonchev–Trinajstić information content (AvgIpc) is 3.11. The summed E-state index contributed by atoms with van der Waals surface area (Å²) in [5, 5.41) is 16.4. The van der Waals surface area contributed by atoms with Crippen molar-refractivity contribution >= 4 is 12.2 Å². The molecule has 3 rings (SSSR count). The van der Waals surface area contributed by atoms with Gasteiger partial charge in [-0.05, 0) is 43.9 Å². The number of hydrogen-bond donors (Lipinski definition) is 3. The molecule has 1 aliphatic rings. The summed E-state index contributed by atoms with van der Waals surface area (Å²) >= 11 is 0. The lowest BCUT2D eigenvalue weighted by atomic mass is 9.97. The molecule has 2 aromatic heterocycles. The van der Waals surface area contributed by atoms with Crippen LogP contribution in [-0.4, -0.2) is 38.1 Å². The molecule has 8 nitrogen and oxygen atoms in total. The number of nitrogens with one attached hydrogen (secondary N) is 1. The Morgan fingerprint density at radius 1 is 1.35 bits per heavy atom. The van der Waals surface area contributed by atoms with E-state index < -0.39 is 6.04 Å². The predicted molar refractivity (Wildman–Crippen MR) is 94.4 cm³/mol. The van der Waals surface area contributed by atoms with Crippen LogP contribution in [0, 0.1) is 0 Å². The van der Waals surface area contributed by atoms with Crippen molar-refractivity contribution in [2.24, 2.45) is 5.73 Å². The summed E-state index contributed by atoms with van der Waals surface area (Å²) in [5.74, 6) is 0.306. The third-order valence-electron chi connectivity index (χ3n) is 4.30. The van der Waals surface area contributed by atoms with Crippen LogP contribution in [0.15, 0.2) is 41.9 Å². The summed E-state index contributed by atoms with van der Waals surface area (Å²) in [7, 11) is 0. The maximum Gasteiger partial charge on any atom is 0.241 e. The first-order valence-electron chi connectivity index (χ1n) is 8.50. The van der Waals surface area contributed by atoms with Crippen molar-refractivity contribution < 1.29 is 14.7 Å². The lowest BCUT2D eigenvalue weighted by Crippen LogP contribution is -2.42. The highest BCUT2D eigenvalue weighted by Crippen LogP contribution is 2.21. The van der Waals surface area contributed by atoms with Gasteiger partial charge in [0.1, 0.15) is 12.0 Å². The third-order valence-corrected chi connectivity index (χ3v) is 4.30. The number of carbonyl (C=O) groups is 2. The monoisotopic (exact) mass is 355 g/mol. The Balaban J connectivity index is 1.63. The van der Waals surface area contributed by atoms with Gasteiger partial charge in [0.2, 0.25) is 5.91 Å². The van der Waals surface area contributed by atoms with E-state index in [0.29, 0.717) is 35.6 Å². The minimum absolute atomic E-state index is 0.0755. The second-order valence-electron chi connectivity index (χ2n) is 6.25. The molecule has 2 aromatic rings. The van der Waals surface area contributed by atoms with Crippen molar-refractivity contribution in [3.8, 4) is 11.6 Å². The summed E-state index contributed by atoms with van der Waals surface area (Å²) < 4.78 is 1.55. The standard InChI is InChI=1S/C18H21N5O3/c19-15(18(26)21-16-4-2-1-3-12(16)11-24)9-13-7-8-23(22-13)17-6-5-14(25)10-20-17/h5-8,10-11,15,25H,1-4,9,19H2,(H,21,26). The molecule has 0 saturated carbocycles. The quantitative estimate of drug-likeness (QED) is 0.664. The van der Waals surface area contributed by atoms with E-state index in [1.54, 1.807) is 23.0 Å². The molecule has 0 spiro atoms. The van der Waals surface area contributed by atoms with Gasteiger partial charge in [-0.2, -0.15) is 5.10 Å². The van der Waals surface area contributed by atoms with Gasteiger partial charge >= 0.3 is 0 Å². The molecule has 0 radical (unpaired) electrons. The molecule has 0 fully saturated rings. The Bertz CT molecular complexity index is 826. The van der Waals surface area contributed by atoms with Gasteiger partial charge in [-0.1, -0.05) is 0 Å². The van der Waals surface area contributed by atoms with Crippen LogP contribution in [0.1, 0.15) is 31.4 Å². The van der Waals surface area contributed by atoms with Crippen LogP contribution in [0.2, 0.25) is 0 Å². The van der Waals surface area contributed by atoms with Gasteiger partial charge in [-0.25, -0.2) is 9.67 Å². The lowest BCUT2D eigenvalue weighted by molar-refractivity contribution is -0.121. The normalized spacial score (nSPS) is 15.6. The number of aldehydes is 1. The van der Waals surface area contributed by atoms with Gasteiger partial charge in [0.15, 0.2) is 5.82 Å². The molecule has 0 aromatic carbocycles. The van der Waals surface area contributed by atoms with Crippen LogP contribution >= 0.6 is 0 Å². The van der Waals surface area contributed by atoms with Crippen molar-refractivity contribution in [2.75, 3.05) is 0 Å². The molecule has 1 amide bonds. The van der Waals surface area contributed by atoms with E-state index >= 15 is 0 Å². The minimum atomic E-state index is -0.770. The molecule has 0 saturated heterocycles. The van der Waals surface area contributed by atoms with Crippen molar-refractivity contribution in [1.29, 1.82) is 0 Å². The predicted octanol–water partition coefficient (Wildman–Crippen LogP) is 0.986. The van der Waals surface area contributed by atoms with Crippen LogP contribution in [0.4, 0.5) is 0 Å². The Hall–Kier alpha value is -3.00. The topological polar surface area (TPSA) is 123 Å². The smallest absolute Gasteiger partial charge is 0.241 e. The lowest BCUT2D eigenvalue weighted by Gasteiger charge is -2.19. The molecule has 4 N–H and O–H groups in total. The van der Waals surface area contributed by atoms with Crippen LogP contribution in [0.5, 0.6) is 5.75 Å². The van der Waals surface area contributed by atoms with Crippen molar-refractivity contribution in [3.05, 3.63) is 47.6 Å². The number of allylic oxidation sites excluding steroid dienone is 2. The van der Waals surface area contributed by atoms with Crippen LogP contribution in [0.3, 0.4) is 0 Å². The first kappa shape index (κ1) is 17.8. The summed E-state index contributed by atoms with van der Waals surface area (Å²) in [4.78, 5) is 27.5. The molecular weight excluding hydrogens is 334 g/mol. The SMILES string of the molecule is NC(Cc1ccn(-c2ccc(O)cn2)n1)C(=O)NC1=C(C=O)CCCC1. The molecule has 136 valence electrons. The summed E-state index contributed by atoms with van der Waals surface area (Å²) in [6.45, 7) is 0. The zero-order valence-electron chi connectivity index (χ0n) is 14.3. The van der Waals surface area contributed by atoms with Crippen LogP contribution in [-0.2, 0) is 16.0 Å². The fourth-order valence-electron chi connectivity index (χ4n) is 2.87. The Morgan fingerprint density at radius 3 is 2.88 bits per heavy atom. The zero-order valence-corrected chi connectivity index (χ0v) is 14.3. The van der Waals surface area contributed by atoms with Gasteiger partial charge in [0.05, 0.1) is 17.9 Å². The maximum absolute atomic E-state index is 12.3. The highest BCUT2D eigenvalue weighted by atomic mass is 16.3. The van der Waals surface area contributed by atoms with Crippen molar-refractivity contribution in [1.82, 2.24) is 20.1 Å². The van der Waals surface area contributed by atoms with Crippen LogP contribution in [0.25, 0.3) is 5.82 Å². The van der Waals surface area contributed by atoms with Gasteiger partial charge in [-0.15, -0.1) is 0 Å². The molecule has 1 aliphatic carbocycles. The first-order valence-corrected chi connectivity index (χ1v) is 8.50. The Morgan fingerprint density at radius 2 is 2.15 bits per heavy atom. The Labute approximate surface area is 150 Å². The number of pyridine rings is 1. The second-order valence-corrected chi connectivity index (χ2v) is 6.25. The second kappa shape index (κ2) is 7.92. The molecular formula is C18H21N5O3. The number of aromatic nitrogens is 3. The molecule has 2 heterocycles. The number of rotatable bonds is 6. The molecule has 0 aliphatic heterocycles. The number of nitrogens with zero attached hydrogens (tertiary/aromatic N) is 3. The maximum atomic E-state index is 12.3. The van der Waals surface area contributed by atoms with E-state index in [1.165, 1.54) is 12.3 Å². The number of hydrogen-bond acceptors (Lipinski definition) is 6. The van der Waals surface area contributed by atoms with E-state index in [1.807, 2.05) is 0 Å². The highest BCUT2D eigenvalue weighted by molar-refractivity contribution is 5.85. The number of amides is 1. The van der Waals surface area contributed by atoms with E-state index in [4.69, 9.17) is 5.73 Å². The fourth-order valence-corrected chi connectivity index (χ4v) is 2.87. The first-order chi connectivity index (χ1) is 12.6. The largest absolute Gasteiger partial charge is 0.506 e. The van der Waals surface area contributed by atoms with Gasteiger partial charge < -0.3 is 16.2 Å². The van der Waals surface area contributed by atoms with E-state index in [2.05, 4.69) is 15.4 Å². The van der Waals surface area contributed by atoms with E-state index in [0.717, 1.165) is 19.1 Å². The third kappa shape index (κ3) is 4.15. The van der Waals surface area contributed by atoms with E-state index in [9.17, 15) is 14.7 Å². The van der Waals surface area contributed by atoms with Gasteiger partial charge in [0.25, 0.3) is 0 Å². The molecule has 8 heteroatoms. The number of carbonyl (C=O) groups excluding carboxylic acids is 2. The minimum Gasteiger partial charge on any atom is -0.506 e. The number of nitrogens with two attached hydrogens (primary N) is 1. The molecule has 1 unspecified atom stereocenters. The Kier molecular flexibility index (Phi) is 5.43. The van der Waals surface area contributed by atoms with Crippen molar-refractivity contribution in [2.45, 2.75) is 38.1 Å². The van der Waals surface area contributed by atoms with E-state index in [-0.39, 0.29) is 18.1 Å². The van der Waals surface area contributed by atoms with Gasteiger partial charge in [0, 0.05) is 23.9 Å².